The van der Waals surface area contributed by atoms with Gasteiger partial charge in [-0.3, -0.25) is 0 Å². The van der Waals surface area contributed by atoms with Gasteiger partial charge in [-0.05, 0) is 53.3 Å². The predicted molar refractivity (Wildman–Crippen MR) is 146 cm³/mol. The molecular formula is C31H26O8. The van der Waals surface area contributed by atoms with Crippen LogP contribution in [0.15, 0.2) is 84.9 Å². The Morgan fingerprint density at radius 2 is 1.00 bits per heavy atom. The molecule has 0 spiro atoms. The zero-order valence-corrected chi connectivity index (χ0v) is 21.2. The molecule has 0 heterocycles. The second kappa shape index (κ2) is 12.3. The van der Waals surface area contributed by atoms with Gasteiger partial charge >= 0.3 is 23.9 Å². The maximum Gasteiger partial charge on any atom is 0.337 e. The van der Waals surface area contributed by atoms with Crippen LogP contribution in [0.3, 0.4) is 0 Å². The normalized spacial score (nSPS) is 10.2. The van der Waals surface area contributed by atoms with Crippen molar-refractivity contribution in [1.29, 1.82) is 0 Å². The number of hydrogen-bond donors (Lipinski definition) is 4. The molecule has 39 heavy (non-hydrogen) atoms. The van der Waals surface area contributed by atoms with E-state index in [1.807, 2.05) is 13.0 Å². The van der Waals surface area contributed by atoms with Gasteiger partial charge in [-0.1, -0.05) is 79.7 Å². The molecule has 0 aliphatic rings. The highest BCUT2D eigenvalue weighted by Gasteiger charge is 2.23. The van der Waals surface area contributed by atoms with E-state index in [2.05, 4.69) is 0 Å². The van der Waals surface area contributed by atoms with Crippen molar-refractivity contribution < 1.29 is 39.6 Å². The maximum absolute atomic E-state index is 11.6. The topological polar surface area (TPSA) is 149 Å². The summed E-state index contributed by atoms with van der Waals surface area (Å²) in [6, 6.07) is 23.6. The van der Waals surface area contributed by atoms with Crippen LogP contribution in [0.1, 0.15) is 59.5 Å². The summed E-state index contributed by atoms with van der Waals surface area (Å²) in [5.74, 6) is -4.72. The zero-order chi connectivity index (χ0) is 28.7. The van der Waals surface area contributed by atoms with E-state index < -0.39 is 23.9 Å². The Kier molecular flexibility index (Phi) is 8.96. The fraction of sp³-hybridized carbons (Fsp3) is 0.0968. The molecule has 4 aromatic rings. The van der Waals surface area contributed by atoms with Crippen LogP contribution >= 0.6 is 0 Å². The molecule has 0 aliphatic heterocycles. The largest absolute Gasteiger partial charge is 0.478 e. The lowest BCUT2D eigenvalue weighted by Gasteiger charge is -2.14. The van der Waals surface area contributed by atoms with Crippen LogP contribution in [0, 0.1) is 6.92 Å². The molecule has 4 rings (SSSR count). The lowest BCUT2D eigenvalue weighted by atomic mass is 9.90. The standard InChI is InChI=1S/C16H14O4.C15H12O4/c1-2-10-8-9-12(15(17)18)13(14(10)16(19)20)11-6-4-3-5-7-11;1-9-7-8-11(14(16)17)13(15(18)19)12(9)10-5-3-2-4-6-10/h3-9H,2H2,1H3,(H,17,18)(H,19,20);2-8H,1H3,(H,16,17)(H,18,19). The predicted octanol–water partition coefficient (Wildman–Crippen LogP) is 6.37. The molecule has 0 fully saturated rings. The first-order chi connectivity index (χ1) is 18.6. The van der Waals surface area contributed by atoms with Crippen LogP contribution in [-0.4, -0.2) is 44.3 Å². The van der Waals surface area contributed by atoms with Crippen molar-refractivity contribution in [2.45, 2.75) is 20.3 Å². The van der Waals surface area contributed by atoms with Crippen molar-refractivity contribution in [3.05, 3.63) is 118 Å². The van der Waals surface area contributed by atoms with Crippen LogP contribution in [-0.2, 0) is 6.42 Å². The maximum atomic E-state index is 11.6. The van der Waals surface area contributed by atoms with Crippen LogP contribution in [0.2, 0.25) is 0 Å². The Bertz CT molecular complexity index is 1540. The van der Waals surface area contributed by atoms with E-state index in [1.165, 1.54) is 12.1 Å². The van der Waals surface area contributed by atoms with Crippen LogP contribution in [0.4, 0.5) is 0 Å². The monoisotopic (exact) mass is 526 g/mol. The van der Waals surface area contributed by atoms with Crippen LogP contribution in [0.25, 0.3) is 22.3 Å². The summed E-state index contributed by atoms with van der Waals surface area (Å²) in [7, 11) is 0. The van der Waals surface area contributed by atoms with Crippen molar-refractivity contribution in [1.82, 2.24) is 0 Å². The fourth-order valence-electron chi connectivity index (χ4n) is 4.35. The van der Waals surface area contributed by atoms with E-state index in [-0.39, 0.29) is 27.8 Å². The molecular weight excluding hydrogens is 500 g/mol. The molecule has 0 saturated carbocycles. The molecule has 4 N–H and O–H groups in total. The van der Waals surface area contributed by atoms with Gasteiger partial charge in [-0.2, -0.15) is 0 Å². The average molecular weight is 527 g/mol. The number of carboxylic acid groups (broad SMARTS) is 4. The first kappa shape index (κ1) is 28.3. The number of aryl methyl sites for hydroxylation is 2. The van der Waals surface area contributed by atoms with Crippen molar-refractivity contribution in [2.75, 3.05) is 0 Å². The van der Waals surface area contributed by atoms with E-state index in [0.29, 0.717) is 28.7 Å². The van der Waals surface area contributed by atoms with Crippen LogP contribution < -0.4 is 0 Å². The van der Waals surface area contributed by atoms with Gasteiger partial charge in [0.05, 0.1) is 22.3 Å². The second-order valence-electron chi connectivity index (χ2n) is 8.51. The summed E-state index contributed by atoms with van der Waals surface area (Å²) in [5.41, 5.74) is 3.08. The van der Waals surface area contributed by atoms with Gasteiger partial charge in [-0.15, -0.1) is 0 Å². The van der Waals surface area contributed by atoms with Gasteiger partial charge in [0.25, 0.3) is 0 Å². The molecule has 0 atom stereocenters. The number of carbonyl (C=O) groups is 4. The molecule has 0 bridgehead atoms. The van der Waals surface area contributed by atoms with Gasteiger partial charge in [-0.25, -0.2) is 19.2 Å². The van der Waals surface area contributed by atoms with E-state index in [0.717, 1.165) is 5.56 Å². The Morgan fingerprint density at radius 1 is 0.538 bits per heavy atom. The third-order valence-electron chi connectivity index (χ3n) is 6.10. The molecule has 0 radical (unpaired) electrons. The highest BCUT2D eigenvalue weighted by atomic mass is 16.4. The summed E-state index contributed by atoms with van der Waals surface area (Å²) in [5, 5.41) is 37.2. The average Bonchev–Trinajstić information content (AvgIpc) is 2.92. The molecule has 0 saturated heterocycles. The Morgan fingerprint density at radius 3 is 1.44 bits per heavy atom. The van der Waals surface area contributed by atoms with Crippen molar-refractivity contribution >= 4 is 23.9 Å². The lowest BCUT2D eigenvalue weighted by Crippen LogP contribution is -2.11. The summed E-state index contributed by atoms with van der Waals surface area (Å²) >= 11 is 0. The van der Waals surface area contributed by atoms with Gasteiger partial charge in [0.15, 0.2) is 0 Å². The van der Waals surface area contributed by atoms with Gasteiger partial charge in [0.1, 0.15) is 0 Å². The van der Waals surface area contributed by atoms with Gasteiger partial charge in [0, 0.05) is 5.56 Å². The smallest absolute Gasteiger partial charge is 0.337 e. The molecule has 8 heteroatoms. The number of hydrogen-bond acceptors (Lipinski definition) is 4. The number of carboxylic acids is 4. The molecule has 0 unspecified atom stereocenters. The molecule has 4 aromatic carbocycles. The SMILES string of the molecule is CCc1ccc(C(=O)O)c(-c2ccccc2)c1C(=O)O.Cc1ccc(C(=O)O)c(C(=O)O)c1-c1ccccc1. The van der Waals surface area contributed by atoms with E-state index >= 15 is 0 Å². The number of benzene rings is 4. The zero-order valence-electron chi connectivity index (χ0n) is 21.2. The third kappa shape index (κ3) is 6.19. The number of rotatable bonds is 7. The molecule has 0 aromatic heterocycles. The van der Waals surface area contributed by atoms with E-state index in [9.17, 15) is 34.5 Å². The lowest BCUT2D eigenvalue weighted by molar-refractivity contribution is 0.0652. The quantitative estimate of drug-likeness (QED) is 0.217. The Labute approximate surface area is 224 Å². The first-order valence-electron chi connectivity index (χ1n) is 11.9. The summed E-state index contributed by atoms with van der Waals surface area (Å²) in [6.07, 6.45) is 0.529. The van der Waals surface area contributed by atoms with E-state index in [1.54, 1.807) is 73.7 Å². The molecule has 198 valence electrons. The van der Waals surface area contributed by atoms with Crippen molar-refractivity contribution in [3.8, 4) is 22.3 Å². The molecule has 8 nitrogen and oxygen atoms in total. The summed E-state index contributed by atoms with van der Waals surface area (Å²) < 4.78 is 0. The minimum atomic E-state index is -1.24. The van der Waals surface area contributed by atoms with Crippen molar-refractivity contribution in [3.63, 3.8) is 0 Å². The Balaban J connectivity index is 0.000000216. The summed E-state index contributed by atoms with van der Waals surface area (Å²) in [6.45, 7) is 3.61. The van der Waals surface area contributed by atoms with E-state index in [4.69, 9.17) is 5.11 Å². The summed E-state index contributed by atoms with van der Waals surface area (Å²) in [4.78, 5) is 45.5. The Hall–Kier alpha value is -5.24. The van der Waals surface area contributed by atoms with Gasteiger partial charge in [0.2, 0.25) is 0 Å². The second-order valence-corrected chi connectivity index (χ2v) is 8.51. The first-order valence-corrected chi connectivity index (χ1v) is 11.9. The number of aromatic carboxylic acids is 4. The third-order valence-corrected chi connectivity index (χ3v) is 6.10. The minimum absolute atomic E-state index is 0.00537. The molecule has 0 amide bonds. The van der Waals surface area contributed by atoms with Crippen LogP contribution in [0.5, 0.6) is 0 Å². The van der Waals surface area contributed by atoms with Crippen molar-refractivity contribution in [2.24, 2.45) is 0 Å². The van der Waals surface area contributed by atoms with Gasteiger partial charge < -0.3 is 20.4 Å². The highest BCUT2D eigenvalue weighted by molar-refractivity contribution is 6.07. The minimum Gasteiger partial charge on any atom is -0.478 e. The highest BCUT2D eigenvalue weighted by Crippen LogP contribution is 2.32. The molecule has 0 aliphatic carbocycles. The fourth-order valence-corrected chi connectivity index (χ4v) is 4.35.